The van der Waals surface area contributed by atoms with Crippen molar-refractivity contribution in [1.82, 2.24) is 39.0 Å². The Kier molecular flexibility index (Phi) is 8.55. The molecule has 9 nitrogen and oxygen atoms in total. The minimum Gasteiger partial charge on any atom is -0.308 e. The van der Waals surface area contributed by atoms with Crippen LogP contribution in [0.2, 0.25) is 0 Å². The zero-order valence-corrected chi connectivity index (χ0v) is 33.6. The number of alkyl halides is 3. The van der Waals surface area contributed by atoms with Gasteiger partial charge in [0, 0.05) is 32.7 Å². The Hall–Kier alpha value is -7.78. The second-order valence-electron chi connectivity index (χ2n) is 15.2. The molecule has 0 saturated carbocycles. The molecule has 10 aromatic rings. The summed E-state index contributed by atoms with van der Waals surface area (Å²) in [7, 11) is 0. The van der Waals surface area contributed by atoms with Crippen molar-refractivity contribution in [2.45, 2.75) is 40.8 Å². The van der Waals surface area contributed by atoms with Crippen molar-refractivity contribution in [1.29, 1.82) is 5.26 Å². The second kappa shape index (κ2) is 13.9. The molecule has 0 atom stereocenters. The third kappa shape index (κ3) is 6.16. The molecule has 10 rings (SSSR count). The topological polar surface area (TPSA) is 111 Å². The van der Waals surface area contributed by atoms with Crippen molar-refractivity contribution in [3.05, 3.63) is 155 Å². The van der Waals surface area contributed by atoms with E-state index in [0.29, 0.717) is 57.4 Å². The number of nitrogens with zero attached hydrogens (tertiary/aromatic N) is 9. The highest BCUT2D eigenvalue weighted by molar-refractivity contribution is 6.12. The summed E-state index contributed by atoms with van der Waals surface area (Å²) in [6.45, 7) is 8.97. The number of hydrogen-bond acceptors (Lipinski definition) is 7. The van der Waals surface area contributed by atoms with Crippen LogP contribution in [0.5, 0.6) is 0 Å². The summed E-state index contributed by atoms with van der Waals surface area (Å²) in [4.78, 5) is 27.1. The molecular weight excluding hydrogens is 772 g/mol. The maximum absolute atomic E-state index is 15.0. The molecule has 6 aromatic carbocycles. The first kappa shape index (κ1) is 37.5. The second-order valence-corrected chi connectivity index (χ2v) is 15.2. The highest BCUT2D eigenvalue weighted by Crippen LogP contribution is 2.44. The van der Waals surface area contributed by atoms with Crippen LogP contribution in [-0.2, 0) is 6.18 Å². The molecule has 12 heteroatoms. The van der Waals surface area contributed by atoms with E-state index in [1.54, 1.807) is 25.1 Å². The van der Waals surface area contributed by atoms with Crippen molar-refractivity contribution in [2.24, 2.45) is 0 Å². The van der Waals surface area contributed by atoms with Crippen LogP contribution >= 0.6 is 0 Å². The van der Waals surface area contributed by atoms with Crippen LogP contribution in [0.4, 0.5) is 13.2 Å². The summed E-state index contributed by atoms with van der Waals surface area (Å²) in [6.07, 6.45) is -4.65. The number of benzene rings is 6. The van der Waals surface area contributed by atoms with Crippen molar-refractivity contribution in [3.63, 3.8) is 0 Å². The van der Waals surface area contributed by atoms with Gasteiger partial charge in [-0.25, -0.2) is 29.9 Å². The number of nitriles is 1. The third-order valence-corrected chi connectivity index (χ3v) is 11.1. The molecule has 0 aliphatic carbocycles. The first-order valence-corrected chi connectivity index (χ1v) is 19.6. The average molecular weight is 806 g/mol. The van der Waals surface area contributed by atoms with Gasteiger partial charge in [0.1, 0.15) is 34.9 Å². The lowest BCUT2D eigenvalue weighted by molar-refractivity contribution is -0.137. The van der Waals surface area contributed by atoms with E-state index in [9.17, 15) is 5.26 Å². The molecule has 0 N–H and O–H groups in total. The molecule has 0 radical (unpaired) electrons. The minimum absolute atomic E-state index is 0.0363. The van der Waals surface area contributed by atoms with Gasteiger partial charge in [-0.15, -0.1) is 0 Å². The number of para-hydroxylation sites is 2. The zero-order chi connectivity index (χ0) is 42.3. The lowest BCUT2D eigenvalue weighted by atomic mass is 9.92. The monoisotopic (exact) mass is 805 g/mol. The molecule has 296 valence electrons. The summed E-state index contributed by atoms with van der Waals surface area (Å²) in [5.41, 5.74) is 5.76. The number of aryl methyl sites for hydroxylation is 5. The van der Waals surface area contributed by atoms with E-state index >= 15 is 13.2 Å². The van der Waals surface area contributed by atoms with Crippen molar-refractivity contribution in [2.75, 3.05) is 0 Å². The Labute approximate surface area is 347 Å². The molecule has 4 aromatic heterocycles. The minimum atomic E-state index is -4.65. The van der Waals surface area contributed by atoms with Gasteiger partial charge in [-0.1, -0.05) is 48.5 Å². The Balaban J connectivity index is 1.32. The van der Waals surface area contributed by atoms with E-state index in [-0.39, 0.29) is 11.1 Å². The number of rotatable bonds is 5. The summed E-state index contributed by atoms with van der Waals surface area (Å²) in [5, 5.41) is 14.9. The summed E-state index contributed by atoms with van der Waals surface area (Å²) >= 11 is 0. The Bertz CT molecular complexity index is 3270. The molecule has 0 amide bonds. The molecule has 4 heterocycles. The molecule has 0 aliphatic heterocycles. The molecule has 0 aliphatic rings. The fourth-order valence-electron chi connectivity index (χ4n) is 8.74. The van der Waals surface area contributed by atoms with Gasteiger partial charge in [0.25, 0.3) is 0 Å². The van der Waals surface area contributed by atoms with Crippen LogP contribution in [-0.4, -0.2) is 39.0 Å². The maximum Gasteiger partial charge on any atom is 0.417 e. The van der Waals surface area contributed by atoms with Crippen LogP contribution in [0.25, 0.3) is 88.9 Å². The highest BCUT2D eigenvalue weighted by atomic mass is 19.4. The smallest absolute Gasteiger partial charge is 0.308 e. The van der Waals surface area contributed by atoms with Crippen LogP contribution in [0.3, 0.4) is 0 Å². The van der Waals surface area contributed by atoms with Gasteiger partial charge in [-0.05, 0) is 118 Å². The Morgan fingerprint density at radius 2 is 0.918 bits per heavy atom. The average Bonchev–Trinajstić information content (AvgIpc) is 3.74. The maximum atomic E-state index is 15.0. The first-order chi connectivity index (χ1) is 29.4. The Morgan fingerprint density at radius 1 is 0.475 bits per heavy atom. The number of halogens is 3. The molecule has 0 bridgehead atoms. The summed E-state index contributed by atoms with van der Waals surface area (Å²) < 4.78 is 49.0. The predicted molar refractivity (Wildman–Crippen MR) is 232 cm³/mol. The quantitative estimate of drug-likeness (QED) is 0.170. The lowest BCUT2D eigenvalue weighted by Crippen LogP contribution is -2.10. The normalized spacial score (nSPS) is 11.9. The van der Waals surface area contributed by atoms with Crippen molar-refractivity contribution in [3.8, 4) is 51.3 Å². The molecule has 0 saturated heterocycles. The zero-order valence-electron chi connectivity index (χ0n) is 33.6. The standard InChI is InChI=1S/C49H34F3N9/c1-26-11-10-14-39(49(50,51)52)46(26)33-23-44(60-40-15-8-6-12-34(40)36-21-31(17-19-42(36)60)47-56-27(2)54-28(3)57-47)38(25-53)45(24-33)61-41-16-9-7-13-35(41)37-22-32(18-20-43(37)61)48-58-29(4)55-30(5)59-48/h6-24H,1-5H3. The van der Waals surface area contributed by atoms with Crippen LogP contribution in [0, 0.1) is 45.9 Å². The van der Waals surface area contributed by atoms with Crippen LogP contribution < -0.4 is 0 Å². The third-order valence-electron chi connectivity index (χ3n) is 11.1. The van der Waals surface area contributed by atoms with Gasteiger partial charge in [0.2, 0.25) is 0 Å². The highest BCUT2D eigenvalue weighted by Gasteiger charge is 2.35. The van der Waals surface area contributed by atoms with Crippen molar-refractivity contribution >= 4 is 43.6 Å². The summed E-state index contributed by atoms with van der Waals surface area (Å²) in [6, 6.07) is 37.6. The number of aromatic nitrogens is 8. The molecule has 61 heavy (non-hydrogen) atoms. The van der Waals surface area contributed by atoms with Gasteiger partial charge in [-0.3, -0.25) is 0 Å². The predicted octanol–water partition coefficient (Wildman–Crippen LogP) is 11.7. The van der Waals surface area contributed by atoms with Crippen molar-refractivity contribution < 1.29 is 13.2 Å². The van der Waals surface area contributed by atoms with E-state index in [4.69, 9.17) is 0 Å². The number of fused-ring (bicyclic) bond motifs is 6. The fourth-order valence-corrected chi connectivity index (χ4v) is 8.74. The molecule has 0 fully saturated rings. The van der Waals surface area contributed by atoms with E-state index in [1.165, 1.54) is 6.07 Å². The van der Waals surface area contributed by atoms with Gasteiger partial charge < -0.3 is 9.13 Å². The van der Waals surface area contributed by atoms with Gasteiger partial charge >= 0.3 is 6.18 Å². The lowest BCUT2D eigenvalue weighted by Gasteiger charge is -2.21. The van der Waals surface area contributed by atoms with Crippen LogP contribution in [0.15, 0.2) is 115 Å². The Morgan fingerprint density at radius 3 is 1.36 bits per heavy atom. The molecule has 0 unspecified atom stereocenters. The van der Waals surface area contributed by atoms with E-state index < -0.39 is 11.7 Å². The van der Waals surface area contributed by atoms with Crippen LogP contribution in [0.1, 0.15) is 40.0 Å². The van der Waals surface area contributed by atoms with Gasteiger partial charge in [0.15, 0.2) is 11.6 Å². The van der Waals surface area contributed by atoms with E-state index in [1.807, 2.05) is 122 Å². The molecule has 0 spiro atoms. The fraction of sp³-hybridized carbons (Fsp3) is 0.122. The van der Waals surface area contributed by atoms with Gasteiger partial charge in [-0.2, -0.15) is 18.4 Å². The molecular formula is C49H34F3N9. The van der Waals surface area contributed by atoms with Gasteiger partial charge in [0.05, 0.1) is 39.0 Å². The first-order valence-electron chi connectivity index (χ1n) is 19.6. The number of hydrogen-bond donors (Lipinski definition) is 0. The SMILES string of the molecule is Cc1nc(C)nc(-c2ccc3c(c2)c2ccccc2n3-c2cc(-c3c(C)cccc3C(F)(F)F)cc(-n3c4ccccc4c4cc(-c5nc(C)nc(C)n5)ccc43)c2C#N)n1. The van der Waals surface area contributed by atoms with E-state index in [2.05, 4.69) is 36.0 Å². The largest absolute Gasteiger partial charge is 0.417 e. The van der Waals surface area contributed by atoms with E-state index in [0.717, 1.165) is 60.8 Å². The summed E-state index contributed by atoms with van der Waals surface area (Å²) in [5.74, 6) is 3.44.